The normalized spacial score (nSPS) is 22.6. The highest BCUT2D eigenvalue weighted by Gasteiger charge is 2.56. The van der Waals surface area contributed by atoms with Crippen molar-refractivity contribution in [2.24, 2.45) is 22.5 Å². The fourth-order valence-electron chi connectivity index (χ4n) is 17.3. The van der Waals surface area contributed by atoms with Gasteiger partial charge in [-0.05, 0) is 177 Å². The van der Waals surface area contributed by atoms with Crippen molar-refractivity contribution in [2.75, 3.05) is 48.3 Å². The molecule has 11 atom stereocenters. The summed E-state index contributed by atoms with van der Waals surface area (Å²) in [5.41, 5.74) is 10.5. The lowest BCUT2D eigenvalue weighted by Crippen LogP contribution is -2.61. The van der Waals surface area contributed by atoms with E-state index in [9.17, 15) is 73.8 Å². The van der Waals surface area contributed by atoms with Crippen molar-refractivity contribution < 1.29 is 92.7 Å². The molecule has 4 aromatic carbocycles. The highest BCUT2D eigenvalue weighted by Crippen LogP contribution is 2.61. The van der Waals surface area contributed by atoms with Crippen molar-refractivity contribution in [2.45, 2.75) is 212 Å². The lowest BCUT2D eigenvalue weighted by molar-refractivity contribution is -0.271. The second-order valence-corrected chi connectivity index (χ2v) is 33.3. The molecule has 12 rings (SSSR count). The molecule has 5 aliphatic rings. The standard InChI is InChI=1S/C85H105N13O19S/c1-6-34-85(47-83(5)35-14-36-84(46-83,48-85)49-98-51(4)59(42-88-98)57-29-30-64(92-69(57)77(108)109)95-39-33-54-15-12-16-58(60(54)44-95)74(105)94-81-91-61-17-9-10-19-63(61)118-81)115-41-40-96(43-52-23-27-56(28-24-52)116-79-72(104)70(102)71(103)73(117-79)78(110)111)82(113)114-45-53-21-25-55(26-22-53)89-75(106)62(18-13-37-87-80(86)112)90-76(107)68(50(2)3)93-65(99)20-8-7-11-38-97-66(100)31-32-67(97)101/h9-10,12,15-17,19,21-32,42,50,62,66,68,70-73,79,100,102-104H,6-8,11,13-14,18,20,33-41,43-49H2,1-5H3,(H,89,106)(H,90,107)(H,93,99)(H,108,109)(H,110,111)(H3,86,87,112)(H,91,94,105)/t62-,66?,68-,70-,71-,72+,73-,79+,83?,84?,85?/m0/s1. The number of aliphatic hydroxyl groups is 4. The average molecular weight is 1640 g/mol. The van der Waals surface area contributed by atoms with Gasteiger partial charge < -0.3 is 91.3 Å². The molecule has 3 aliphatic heterocycles. The number of carboxylic acids is 2. The highest BCUT2D eigenvalue weighted by molar-refractivity contribution is 7.22. The summed E-state index contributed by atoms with van der Waals surface area (Å²) < 4.78 is 27.4. The van der Waals surface area contributed by atoms with E-state index in [1.807, 2.05) is 59.0 Å². The van der Waals surface area contributed by atoms with Crippen molar-refractivity contribution in [3.63, 3.8) is 0 Å². The number of anilines is 3. The number of unbranched alkanes of at least 4 members (excludes halogenated alkanes) is 2. The number of hydrogen-bond donors (Lipinski definition) is 12. The number of primary amides is 1. The van der Waals surface area contributed by atoms with Gasteiger partial charge in [0.15, 0.2) is 16.9 Å². The number of amides is 8. The van der Waals surface area contributed by atoms with Crippen molar-refractivity contribution in [3.05, 3.63) is 161 Å². The Balaban J connectivity index is 0.713. The number of aliphatic carboxylic acids is 1. The van der Waals surface area contributed by atoms with Gasteiger partial charge in [0.2, 0.25) is 29.9 Å². The van der Waals surface area contributed by atoms with Crippen LogP contribution in [0.25, 0.3) is 21.3 Å². The molecule has 6 heterocycles. The van der Waals surface area contributed by atoms with Crippen molar-refractivity contribution in [1.82, 2.24) is 45.5 Å². The van der Waals surface area contributed by atoms with Crippen LogP contribution >= 0.6 is 11.3 Å². The Morgan fingerprint density at radius 1 is 0.814 bits per heavy atom. The van der Waals surface area contributed by atoms with Crippen LogP contribution < -0.4 is 42.0 Å². The van der Waals surface area contributed by atoms with E-state index in [1.165, 1.54) is 45.4 Å². The van der Waals surface area contributed by atoms with Gasteiger partial charge in [0.25, 0.3) is 5.91 Å². The molecular weight excluding hydrogens is 1540 g/mol. The zero-order valence-electron chi connectivity index (χ0n) is 66.8. The number of nitrogens with two attached hydrogens (primary N) is 1. The molecule has 32 nitrogen and oxygen atoms in total. The summed E-state index contributed by atoms with van der Waals surface area (Å²) >= 11 is 1.40. The van der Waals surface area contributed by atoms with Crippen LogP contribution in [0.4, 0.5) is 26.2 Å². The number of para-hydroxylation sites is 1. The Hall–Kier alpha value is -10.9. The number of carboxylic acid groups (broad SMARTS) is 2. The van der Waals surface area contributed by atoms with Gasteiger partial charge in [-0.3, -0.25) is 34.0 Å². The maximum absolute atomic E-state index is 14.7. The average Bonchev–Trinajstić information content (AvgIpc) is 1.02. The number of pyridine rings is 1. The molecule has 2 aliphatic carbocycles. The molecule has 118 heavy (non-hydrogen) atoms. The Bertz CT molecular complexity index is 4800. The summed E-state index contributed by atoms with van der Waals surface area (Å²) in [5.74, 6) is -4.75. The van der Waals surface area contributed by atoms with E-state index < -0.39 is 90.5 Å². The lowest BCUT2D eigenvalue weighted by atomic mass is 9.51. The maximum atomic E-state index is 14.7. The summed E-state index contributed by atoms with van der Waals surface area (Å²) in [5, 5.41) is 81.4. The first-order valence-corrected chi connectivity index (χ1v) is 41.0. The minimum atomic E-state index is -1.93. The van der Waals surface area contributed by atoms with Crippen LogP contribution in [0.2, 0.25) is 0 Å². The molecule has 3 fully saturated rings. The molecule has 0 radical (unpaired) electrons. The monoisotopic (exact) mass is 1640 g/mol. The Labute approximate surface area is 686 Å². The van der Waals surface area contributed by atoms with Gasteiger partial charge in [-0.2, -0.15) is 5.10 Å². The number of benzene rings is 4. The minimum absolute atomic E-state index is 0.0101. The van der Waals surface area contributed by atoms with Crippen LogP contribution in [0.5, 0.6) is 5.75 Å². The first-order chi connectivity index (χ1) is 56.5. The number of aliphatic hydroxyl groups excluding tert-OH is 4. The number of aromatic carboxylic acids is 1. The third-order valence-electron chi connectivity index (χ3n) is 22.9. The van der Waals surface area contributed by atoms with Crippen molar-refractivity contribution in [1.29, 1.82) is 0 Å². The third-order valence-corrected chi connectivity index (χ3v) is 23.9. The molecule has 3 aromatic heterocycles. The largest absolute Gasteiger partial charge is 0.479 e. The number of nitrogens with one attached hydrogen (secondary N) is 5. The molecule has 4 unspecified atom stereocenters. The molecule has 0 spiro atoms. The molecule has 630 valence electrons. The first kappa shape index (κ1) is 86.4. The number of rotatable bonds is 36. The first-order valence-electron chi connectivity index (χ1n) is 40.2. The van der Waals surface area contributed by atoms with E-state index in [1.54, 1.807) is 68.6 Å². The lowest BCUT2D eigenvalue weighted by Gasteiger charge is -2.58. The molecule has 2 saturated carbocycles. The van der Waals surface area contributed by atoms with Crippen LogP contribution in [0, 0.1) is 23.7 Å². The van der Waals surface area contributed by atoms with E-state index >= 15 is 0 Å². The van der Waals surface area contributed by atoms with Crippen LogP contribution in [-0.4, -0.2) is 201 Å². The predicted octanol–water partition coefficient (Wildman–Crippen LogP) is 8.69. The summed E-state index contributed by atoms with van der Waals surface area (Å²) in [6.45, 7) is 11.6. The minimum Gasteiger partial charge on any atom is -0.479 e. The number of urea groups is 1. The number of carbonyl (C=O) groups is 9. The quantitative estimate of drug-likeness (QED) is 0.0163. The smallest absolute Gasteiger partial charge is 0.410 e. The maximum Gasteiger partial charge on any atom is 0.410 e. The zero-order valence-corrected chi connectivity index (χ0v) is 67.6. The van der Waals surface area contributed by atoms with Gasteiger partial charge in [0, 0.05) is 86.4 Å². The van der Waals surface area contributed by atoms with Gasteiger partial charge in [0.05, 0.1) is 28.6 Å². The molecule has 33 heteroatoms. The predicted molar refractivity (Wildman–Crippen MR) is 436 cm³/mol. The zero-order chi connectivity index (χ0) is 84.2. The van der Waals surface area contributed by atoms with Gasteiger partial charge in [-0.15, -0.1) is 0 Å². The van der Waals surface area contributed by atoms with Crippen LogP contribution in [-0.2, 0) is 70.8 Å². The van der Waals surface area contributed by atoms with E-state index in [-0.39, 0.29) is 98.0 Å². The number of ether oxygens (including phenoxy) is 4. The molecule has 7 aromatic rings. The van der Waals surface area contributed by atoms with Gasteiger partial charge in [-0.25, -0.2) is 29.1 Å². The fourth-order valence-corrected chi connectivity index (χ4v) is 18.2. The summed E-state index contributed by atoms with van der Waals surface area (Å²) in [7, 11) is 0. The Morgan fingerprint density at radius 3 is 2.31 bits per heavy atom. The summed E-state index contributed by atoms with van der Waals surface area (Å²) in [6.07, 6.45) is 2.80. The molecule has 13 N–H and O–H groups in total. The Morgan fingerprint density at radius 2 is 1.58 bits per heavy atom. The summed E-state index contributed by atoms with van der Waals surface area (Å²) in [6, 6.07) is 26.9. The third kappa shape index (κ3) is 21.1. The number of hydrogen-bond acceptors (Lipinski definition) is 22. The molecule has 8 amide bonds. The number of nitrogens with zero attached hydrogens (tertiary/aromatic N) is 7. The topological polar surface area (TPSA) is 451 Å². The summed E-state index contributed by atoms with van der Waals surface area (Å²) in [4.78, 5) is 133. The Kier molecular flexibility index (Phi) is 28.0. The van der Waals surface area contributed by atoms with Crippen LogP contribution in [0.15, 0.2) is 121 Å². The SMILES string of the molecule is CCCC1(OCCN(Cc2ccc(O[C@@H]3O[C@H](C(=O)O)[C@@H](O)[C@H](O)[C@H]3O)cc2)C(=O)OCc2ccc(NC(=O)[C@H](CCCNC(N)=O)NC(=O)[C@@H](NC(=O)CCCCCN3C(=O)C=CC3O)C(C)C)cc2)CC2(C)CCCC(Cn3ncc(-c4ccc(N5CCc6cccc(C(=O)Nc7nc8ccccc8s7)c6C5)nc4C(=O)O)c3C)(C2)C1. The number of fused-ring (bicyclic) bond motifs is 4. The molecule has 1 saturated heterocycles. The van der Waals surface area contributed by atoms with E-state index in [0.717, 1.165) is 65.6 Å². The van der Waals surface area contributed by atoms with Gasteiger partial charge in [-0.1, -0.05) is 107 Å². The number of thiazole rings is 1. The fraction of sp³-hybridized carbons (Fsp3) is 0.482. The van der Waals surface area contributed by atoms with E-state index in [4.69, 9.17) is 34.8 Å². The van der Waals surface area contributed by atoms with Crippen molar-refractivity contribution >= 4 is 91.8 Å². The van der Waals surface area contributed by atoms with Gasteiger partial charge in [0.1, 0.15) is 54.8 Å². The second-order valence-electron chi connectivity index (χ2n) is 32.3. The molecule has 2 bridgehead atoms. The second kappa shape index (κ2) is 38.2. The van der Waals surface area contributed by atoms with Crippen LogP contribution in [0.1, 0.15) is 166 Å². The van der Waals surface area contributed by atoms with Crippen LogP contribution in [0.3, 0.4) is 0 Å². The van der Waals surface area contributed by atoms with E-state index in [2.05, 4.69) is 45.4 Å². The van der Waals surface area contributed by atoms with Gasteiger partial charge >= 0.3 is 24.1 Å². The number of aromatic nitrogens is 4. The highest BCUT2D eigenvalue weighted by atomic mass is 32.1. The van der Waals surface area contributed by atoms with Crippen molar-refractivity contribution in [3.8, 4) is 16.9 Å². The number of carbonyl (C=O) groups excluding carboxylic acids is 7. The molecular formula is C85H105N13O19S. The van der Waals surface area contributed by atoms with E-state index in [0.29, 0.717) is 109 Å².